The van der Waals surface area contributed by atoms with Crippen molar-refractivity contribution in [1.29, 1.82) is 0 Å². The van der Waals surface area contributed by atoms with Crippen LogP contribution in [0, 0.1) is 19.8 Å². The monoisotopic (exact) mass is 448 g/mol. The van der Waals surface area contributed by atoms with E-state index in [9.17, 15) is 17.6 Å². The van der Waals surface area contributed by atoms with Gasteiger partial charge in [-0.15, -0.1) is 0 Å². The Labute approximate surface area is 191 Å². The lowest BCUT2D eigenvalue weighted by molar-refractivity contribution is 0.0168. The van der Waals surface area contributed by atoms with Gasteiger partial charge in [0.15, 0.2) is 0 Å². The fraction of sp³-hybridized carbons (Fsp3) is 0.429. The minimum absolute atomic E-state index is 0.0971. The fourth-order valence-corrected chi connectivity index (χ4v) is 3.11. The Balaban J connectivity index is 0.00000118. The summed E-state index contributed by atoms with van der Waals surface area (Å²) in [6, 6.07) is 12.6. The summed E-state index contributed by atoms with van der Waals surface area (Å²) < 4.78 is 55.3. The molecule has 0 nitrogen and oxygen atoms in total. The quantitative estimate of drug-likeness (QED) is 0.292. The van der Waals surface area contributed by atoms with Gasteiger partial charge in [-0.3, -0.25) is 0 Å². The third-order valence-electron chi connectivity index (χ3n) is 4.87. The van der Waals surface area contributed by atoms with Crippen LogP contribution in [0.2, 0.25) is 0 Å². The van der Waals surface area contributed by atoms with Gasteiger partial charge in [-0.25, -0.2) is 17.6 Å². The van der Waals surface area contributed by atoms with E-state index >= 15 is 0 Å². The van der Waals surface area contributed by atoms with Crippen molar-refractivity contribution in [3.8, 4) is 0 Å². The topological polar surface area (TPSA) is 0 Å². The van der Waals surface area contributed by atoms with Crippen LogP contribution < -0.4 is 0 Å². The van der Waals surface area contributed by atoms with E-state index < -0.39 is 11.8 Å². The summed E-state index contributed by atoms with van der Waals surface area (Å²) in [5, 5.41) is 0. The Morgan fingerprint density at radius 3 is 1.94 bits per heavy atom. The van der Waals surface area contributed by atoms with Gasteiger partial charge in [0.25, 0.3) is 11.8 Å². The van der Waals surface area contributed by atoms with Crippen molar-refractivity contribution in [1.82, 2.24) is 0 Å². The molecular weight excluding hydrogens is 412 g/mol. The zero-order chi connectivity index (χ0) is 24.7. The Hall–Kier alpha value is -2.36. The summed E-state index contributed by atoms with van der Waals surface area (Å²) >= 11 is 0. The lowest BCUT2D eigenvalue weighted by Gasteiger charge is -2.20. The predicted octanol–water partition coefficient (Wildman–Crippen LogP) is 9.31. The molecule has 2 rings (SSSR count). The Bertz CT molecular complexity index is 905. The maximum absolute atomic E-state index is 13.9. The van der Waals surface area contributed by atoms with Crippen LogP contribution in [0.5, 0.6) is 0 Å². The van der Waals surface area contributed by atoms with Crippen molar-refractivity contribution in [3.63, 3.8) is 0 Å². The lowest BCUT2D eigenvalue weighted by atomic mass is 9.89. The molecule has 0 unspecified atom stereocenters. The van der Waals surface area contributed by atoms with Gasteiger partial charge in [0.2, 0.25) is 0 Å². The molecule has 0 aliphatic heterocycles. The van der Waals surface area contributed by atoms with Crippen LogP contribution in [0.1, 0.15) is 68.9 Å². The van der Waals surface area contributed by atoms with Crippen LogP contribution in [-0.4, -0.2) is 5.92 Å². The first-order chi connectivity index (χ1) is 14.6. The van der Waals surface area contributed by atoms with E-state index in [1.54, 1.807) is 19.1 Å². The SMILES string of the molecule is C=C(/C=C(/CCc1ccc(C)cc1)c1cccc(C(C)(F)F)c1C)C(C)(F)F.CC(C)C. The summed E-state index contributed by atoms with van der Waals surface area (Å²) in [6.07, 6.45) is 2.40. The number of aryl methyl sites for hydroxylation is 2. The van der Waals surface area contributed by atoms with Gasteiger partial charge in [0, 0.05) is 25.0 Å². The minimum atomic E-state index is -3.07. The Morgan fingerprint density at radius 2 is 1.47 bits per heavy atom. The average Bonchev–Trinajstić information content (AvgIpc) is 2.64. The molecule has 0 atom stereocenters. The number of halogens is 4. The van der Waals surface area contributed by atoms with Gasteiger partial charge in [-0.2, -0.15) is 0 Å². The van der Waals surface area contributed by atoms with Crippen LogP contribution in [-0.2, 0) is 12.3 Å². The fourth-order valence-electron chi connectivity index (χ4n) is 3.11. The van der Waals surface area contributed by atoms with Crippen LogP contribution in [0.25, 0.3) is 5.57 Å². The highest BCUT2D eigenvalue weighted by molar-refractivity contribution is 5.72. The third kappa shape index (κ3) is 9.02. The van der Waals surface area contributed by atoms with Crippen molar-refractivity contribution >= 4 is 5.57 Å². The second-order valence-corrected chi connectivity index (χ2v) is 9.17. The van der Waals surface area contributed by atoms with E-state index in [1.807, 2.05) is 31.2 Å². The molecule has 0 heterocycles. The van der Waals surface area contributed by atoms with Crippen molar-refractivity contribution < 1.29 is 17.6 Å². The van der Waals surface area contributed by atoms with Crippen LogP contribution in [0.3, 0.4) is 0 Å². The molecule has 4 heteroatoms. The van der Waals surface area contributed by atoms with E-state index in [-0.39, 0.29) is 11.1 Å². The summed E-state index contributed by atoms with van der Waals surface area (Å²) in [5.74, 6) is -5.25. The maximum Gasteiger partial charge on any atom is 0.270 e. The molecule has 0 saturated carbocycles. The first-order valence-electron chi connectivity index (χ1n) is 10.9. The first-order valence-corrected chi connectivity index (χ1v) is 10.9. The second-order valence-electron chi connectivity index (χ2n) is 9.17. The molecule has 0 saturated heterocycles. The number of hydrogen-bond acceptors (Lipinski definition) is 0. The predicted molar refractivity (Wildman–Crippen MR) is 128 cm³/mol. The number of allylic oxidation sites excluding steroid dienone is 3. The van der Waals surface area contributed by atoms with E-state index in [0.717, 1.165) is 30.9 Å². The van der Waals surface area contributed by atoms with Crippen LogP contribution >= 0.6 is 0 Å². The van der Waals surface area contributed by atoms with Gasteiger partial charge >= 0.3 is 0 Å². The number of benzene rings is 2. The van der Waals surface area contributed by atoms with Gasteiger partial charge < -0.3 is 0 Å². The molecule has 0 N–H and O–H groups in total. The highest BCUT2D eigenvalue weighted by Crippen LogP contribution is 2.36. The average molecular weight is 449 g/mol. The van der Waals surface area contributed by atoms with E-state index in [1.165, 1.54) is 12.1 Å². The molecule has 32 heavy (non-hydrogen) atoms. The molecule has 2 aromatic rings. The summed E-state index contributed by atoms with van der Waals surface area (Å²) in [7, 11) is 0. The van der Waals surface area contributed by atoms with E-state index in [0.29, 0.717) is 29.5 Å². The smallest absolute Gasteiger partial charge is 0.202 e. The number of alkyl halides is 4. The molecular formula is C28H36F4. The van der Waals surface area contributed by atoms with Crippen LogP contribution in [0.15, 0.2) is 60.7 Å². The van der Waals surface area contributed by atoms with Crippen LogP contribution in [0.4, 0.5) is 17.6 Å². The molecule has 0 spiro atoms. The molecule has 0 amide bonds. The van der Waals surface area contributed by atoms with E-state index in [4.69, 9.17) is 0 Å². The summed E-state index contributed by atoms with van der Waals surface area (Å²) in [5.41, 5.74) is 3.29. The maximum atomic E-state index is 13.9. The zero-order valence-corrected chi connectivity index (χ0v) is 20.3. The molecule has 0 aliphatic carbocycles. The molecule has 0 bridgehead atoms. The number of rotatable bonds is 7. The van der Waals surface area contributed by atoms with Crippen molar-refractivity contribution in [3.05, 3.63) is 88.5 Å². The second kappa shape index (κ2) is 11.5. The highest BCUT2D eigenvalue weighted by Gasteiger charge is 2.28. The van der Waals surface area contributed by atoms with Crippen molar-refractivity contribution in [2.45, 2.75) is 73.2 Å². The molecule has 2 aromatic carbocycles. The van der Waals surface area contributed by atoms with Crippen molar-refractivity contribution in [2.75, 3.05) is 0 Å². The first kappa shape index (κ1) is 27.7. The number of hydrogen-bond donors (Lipinski definition) is 0. The largest absolute Gasteiger partial charge is 0.270 e. The third-order valence-corrected chi connectivity index (χ3v) is 4.87. The lowest BCUT2D eigenvalue weighted by Crippen LogP contribution is -2.12. The van der Waals surface area contributed by atoms with Gasteiger partial charge in [-0.1, -0.05) is 75.4 Å². The minimum Gasteiger partial charge on any atom is -0.202 e. The molecule has 0 aromatic heterocycles. The standard InChI is InChI=1S/C24H26F4.C4H10/c1-16-9-11-19(12-10-16)13-14-20(15-17(2)23(4,25)26)21-7-6-8-22(18(21)3)24(5,27)28;1-4(2)3/h6-12,15H,2,13-14H2,1,3-5H3;4H,1-3H3/b20-15-;. The summed E-state index contributed by atoms with van der Waals surface area (Å²) in [6.45, 7) is 15.2. The van der Waals surface area contributed by atoms with E-state index in [2.05, 4.69) is 27.4 Å². The zero-order valence-electron chi connectivity index (χ0n) is 20.3. The van der Waals surface area contributed by atoms with Gasteiger partial charge in [0.05, 0.1) is 0 Å². The highest BCUT2D eigenvalue weighted by atomic mass is 19.3. The molecule has 176 valence electrons. The van der Waals surface area contributed by atoms with Gasteiger partial charge in [0.1, 0.15) is 0 Å². The Kier molecular flexibility index (Phi) is 9.94. The Morgan fingerprint density at radius 1 is 0.938 bits per heavy atom. The molecule has 0 radical (unpaired) electrons. The molecule has 0 fully saturated rings. The van der Waals surface area contributed by atoms with Crippen molar-refractivity contribution in [2.24, 2.45) is 5.92 Å². The van der Waals surface area contributed by atoms with Gasteiger partial charge in [-0.05, 0) is 60.9 Å². The summed E-state index contributed by atoms with van der Waals surface area (Å²) in [4.78, 5) is 0. The normalized spacial score (nSPS) is 12.4. The molecule has 0 aliphatic rings.